The SMILES string of the molecule is CCCn1nc(C(=O)Nc2cccc(S(=O)(=O)N3CCCCCC3)c2)ccc1=O. The molecule has 2 aromatic rings. The molecule has 2 heterocycles. The van der Waals surface area contributed by atoms with Gasteiger partial charge in [-0.1, -0.05) is 25.8 Å². The van der Waals surface area contributed by atoms with Crippen molar-refractivity contribution in [1.82, 2.24) is 14.1 Å². The molecule has 156 valence electrons. The van der Waals surface area contributed by atoms with Crippen LogP contribution >= 0.6 is 0 Å². The van der Waals surface area contributed by atoms with E-state index in [0.29, 0.717) is 31.7 Å². The van der Waals surface area contributed by atoms with Crippen LogP contribution in [0.5, 0.6) is 0 Å². The van der Waals surface area contributed by atoms with Gasteiger partial charge in [-0.25, -0.2) is 13.1 Å². The molecule has 1 N–H and O–H groups in total. The van der Waals surface area contributed by atoms with Gasteiger partial charge in [0.15, 0.2) is 0 Å². The number of carbonyl (C=O) groups excluding carboxylic acids is 1. The minimum Gasteiger partial charge on any atom is -0.321 e. The summed E-state index contributed by atoms with van der Waals surface area (Å²) < 4.78 is 28.7. The number of amides is 1. The van der Waals surface area contributed by atoms with Gasteiger partial charge in [-0.15, -0.1) is 0 Å². The summed E-state index contributed by atoms with van der Waals surface area (Å²) in [5, 5.41) is 6.75. The van der Waals surface area contributed by atoms with Crippen molar-refractivity contribution >= 4 is 21.6 Å². The summed E-state index contributed by atoms with van der Waals surface area (Å²) >= 11 is 0. The molecule has 29 heavy (non-hydrogen) atoms. The minimum atomic E-state index is -3.61. The average Bonchev–Trinajstić information content (AvgIpc) is 3.00. The summed E-state index contributed by atoms with van der Waals surface area (Å²) in [6.07, 6.45) is 4.50. The van der Waals surface area contributed by atoms with E-state index in [9.17, 15) is 18.0 Å². The van der Waals surface area contributed by atoms with Crippen LogP contribution in [-0.4, -0.2) is 41.5 Å². The monoisotopic (exact) mass is 418 g/mol. The molecule has 1 aromatic carbocycles. The maximum absolute atomic E-state index is 13.0. The van der Waals surface area contributed by atoms with Crippen LogP contribution in [0.15, 0.2) is 46.1 Å². The van der Waals surface area contributed by atoms with Crippen molar-refractivity contribution in [2.75, 3.05) is 18.4 Å². The Bertz CT molecular complexity index is 1020. The Morgan fingerprint density at radius 1 is 1.10 bits per heavy atom. The van der Waals surface area contributed by atoms with Gasteiger partial charge in [0, 0.05) is 31.4 Å². The molecule has 1 fully saturated rings. The maximum atomic E-state index is 13.0. The molecule has 1 saturated heterocycles. The first-order valence-corrected chi connectivity index (χ1v) is 11.4. The number of hydrogen-bond acceptors (Lipinski definition) is 5. The molecule has 0 atom stereocenters. The van der Waals surface area contributed by atoms with E-state index in [4.69, 9.17) is 0 Å². The van der Waals surface area contributed by atoms with Crippen LogP contribution < -0.4 is 10.9 Å². The quantitative estimate of drug-likeness (QED) is 0.777. The van der Waals surface area contributed by atoms with E-state index in [2.05, 4.69) is 10.4 Å². The molecule has 1 aromatic heterocycles. The van der Waals surface area contributed by atoms with E-state index in [1.807, 2.05) is 6.92 Å². The molecule has 1 aliphatic heterocycles. The fraction of sp³-hybridized carbons (Fsp3) is 0.450. The van der Waals surface area contributed by atoms with Crippen molar-refractivity contribution in [3.63, 3.8) is 0 Å². The van der Waals surface area contributed by atoms with E-state index in [0.717, 1.165) is 25.7 Å². The number of benzene rings is 1. The van der Waals surface area contributed by atoms with Gasteiger partial charge in [0.2, 0.25) is 10.0 Å². The van der Waals surface area contributed by atoms with Gasteiger partial charge in [0.05, 0.1) is 4.90 Å². The van der Waals surface area contributed by atoms with Crippen LogP contribution in [0.2, 0.25) is 0 Å². The van der Waals surface area contributed by atoms with Crippen molar-refractivity contribution in [1.29, 1.82) is 0 Å². The van der Waals surface area contributed by atoms with Crippen molar-refractivity contribution in [3.05, 3.63) is 52.4 Å². The Hall–Kier alpha value is -2.52. The second kappa shape index (κ2) is 9.32. The number of hydrogen-bond donors (Lipinski definition) is 1. The number of anilines is 1. The number of aromatic nitrogens is 2. The summed E-state index contributed by atoms with van der Waals surface area (Å²) in [7, 11) is -3.61. The second-order valence-electron chi connectivity index (χ2n) is 7.08. The van der Waals surface area contributed by atoms with E-state index in [-0.39, 0.29) is 16.1 Å². The third-order valence-electron chi connectivity index (χ3n) is 4.83. The zero-order valence-electron chi connectivity index (χ0n) is 16.5. The van der Waals surface area contributed by atoms with Crippen LogP contribution in [0, 0.1) is 0 Å². The molecule has 0 bridgehead atoms. The highest BCUT2D eigenvalue weighted by Crippen LogP contribution is 2.22. The summed E-state index contributed by atoms with van der Waals surface area (Å²) in [4.78, 5) is 24.5. The fourth-order valence-corrected chi connectivity index (χ4v) is 4.87. The lowest BCUT2D eigenvalue weighted by atomic mass is 10.2. The highest BCUT2D eigenvalue weighted by molar-refractivity contribution is 7.89. The van der Waals surface area contributed by atoms with Crippen LogP contribution in [0.4, 0.5) is 5.69 Å². The van der Waals surface area contributed by atoms with E-state index >= 15 is 0 Å². The van der Waals surface area contributed by atoms with E-state index in [1.165, 1.54) is 33.3 Å². The van der Waals surface area contributed by atoms with Crippen molar-refractivity contribution < 1.29 is 13.2 Å². The Balaban J connectivity index is 1.80. The topological polar surface area (TPSA) is 101 Å². The van der Waals surface area contributed by atoms with Crippen molar-refractivity contribution in [2.24, 2.45) is 0 Å². The minimum absolute atomic E-state index is 0.0961. The smallest absolute Gasteiger partial charge is 0.276 e. The molecule has 9 heteroatoms. The third kappa shape index (κ3) is 5.10. The molecule has 1 aliphatic rings. The molecule has 3 rings (SSSR count). The van der Waals surface area contributed by atoms with Gasteiger partial charge in [0.25, 0.3) is 11.5 Å². The molecule has 0 unspecified atom stereocenters. The zero-order chi connectivity index (χ0) is 20.9. The summed E-state index contributed by atoms with van der Waals surface area (Å²) in [5.74, 6) is -0.501. The first kappa shape index (κ1) is 21.2. The van der Waals surface area contributed by atoms with Crippen LogP contribution in [-0.2, 0) is 16.6 Å². The molecule has 0 radical (unpaired) electrons. The largest absolute Gasteiger partial charge is 0.321 e. The Morgan fingerprint density at radius 2 is 1.83 bits per heavy atom. The number of nitrogens with zero attached hydrogens (tertiary/aromatic N) is 3. The molecule has 8 nitrogen and oxygen atoms in total. The first-order valence-electron chi connectivity index (χ1n) is 9.91. The predicted octanol–water partition coefficient (Wildman–Crippen LogP) is 2.47. The fourth-order valence-electron chi connectivity index (χ4n) is 3.30. The lowest BCUT2D eigenvalue weighted by Crippen LogP contribution is -2.32. The van der Waals surface area contributed by atoms with Crippen molar-refractivity contribution in [2.45, 2.75) is 50.5 Å². The van der Waals surface area contributed by atoms with Crippen LogP contribution in [0.25, 0.3) is 0 Å². The van der Waals surface area contributed by atoms with Gasteiger partial charge in [-0.05, 0) is 43.5 Å². The van der Waals surface area contributed by atoms with Gasteiger partial charge in [-0.3, -0.25) is 9.59 Å². The number of aryl methyl sites for hydroxylation is 1. The van der Waals surface area contributed by atoms with Crippen LogP contribution in [0.1, 0.15) is 49.5 Å². The zero-order valence-corrected chi connectivity index (χ0v) is 17.3. The summed E-state index contributed by atoms with van der Waals surface area (Å²) in [5.41, 5.74) is 0.189. The molecular formula is C20H26N4O4S. The highest BCUT2D eigenvalue weighted by Gasteiger charge is 2.25. The summed E-state index contributed by atoms with van der Waals surface area (Å²) in [6, 6.07) is 8.89. The third-order valence-corrected chi connectivity index (χ3v) is 6.72. The maximum Gasteiger partial charge on any atom is 0.276 e. The predicted molar refractivity (Wildman–Crippen MR) is 110 cm³/mol. The summed E-state index contributed by atoms with van der Waals surface area (Å²) in [6.45, 7) is 3.37. The normalized spacial score (nSPS) is 15.6. The standard InChI is InChI=1S/C20H26N4O4S/c1-2-12-24-19(25)11-10-18(22-24)20(26)21-16-8-7-9-17(15-16)29(27,28)23-13-5-3-4-6-14-23/h7-11,15H,2-6,12-14H2,1H3,(H,21,26). The Morgan fingerprint density at radius 3 is 2.52 bits per heavy atom. The number of sulfonamides is 1. The number of rotatable bonds is 6. The van der Waals surface area contributed by atoms with Gasteiger partial charge < -0.3 is 5.32 Å². The van der Waals surface area contributed by atoms with Gasteiger partial charge in [0.1, 0.15) is 5.69 Å². The number of carbonyl (C=O) groups is 1. The lowest BCUT2D eigenvalue weighted by molar-refractivity contribution is 0.101. The number of nitrogens with one attached hydrogen (secondary N) is 1. The lowest BCUT2D eigenvalue weighted by Gasteiger charge is -2.20. The molecule has 1 amide bonds. The average molecular weight is 419 g/mol. The van der Waals surface area contributed by atoms with Crippen molar-refractivity contribution in [3.8, 4) is 0 Å². The van der Waals surface area contributed by atoms with Crippen LogP contribution in [0.3, 0.4) is 0 Å². The van der Waals surface area contributed by atoms with E-state index < -0.39 is 15.9 Å². The molecule has 0 aliphatic carbocycles. The van der Waals surface area contributed by atoms with Gasteiger partial charge in [-0.2, -0.15) is 9.40 Å². The van der Waals surface area contributed by atoms with Gasteiger partial charge >= 0.3 is 0 Å². The molecule has 0 saturated carbocycles. The Kier molecular flexibility index (Phi) is 6.81. The van der Waals surface area contributed by atoms with E-state index in [1.54, 1.807) is 12.1 Å². The Labute approximate surface area is 170 Å². The second-order valence-corrected chi connectivity index (χ2v) is 9.02. The first-order chi connectivity index (χ1) is 13.9. The highest BCUT2D eigenvalue weighted by atomic mass is 32.2. The molecule has 0 spiro atoms. The molecular weight excluding hydrogens is 392 g/mol.